The third-order valence-electron chi connectivity index (χ3n) is 4.20. The second-order valence-electron chi connectivity index (χ2n) is 6.09. The molecule has 1 aromatic heterocycles. The van der Waals surface area contributed by atoms with E-state index in [2.05, 4.69) is 12.0 Å². The molecule has 4 heteroatoms. The summed E-state index contributed by atoms with van der Waals surface area (Å²) >= 11 is 0. The maximum atomic E-state index is 12.8. The number of amides is 1. The number of aromatic nitrogens is 2. The van der Waals surface area contributed by atoms with Crippen molar-refractivity contribution in [3.63, 3.8) is 0 Å². The molecule has 4 nitrogen and oxygen atoms in total. The van der Waals surface area contributed by atoms with E-state index in [1.54, 1.807) is 6.20 Å². The highest BCUT2D eigenvalue weighted by atomic mass is 16.2. The Kier molecular flexibility index (Phi) is 4.27. The summed E-state index contributed by atoms with van der Waals surface area (Å²) in [7, 11) is 0. The van der Waals surface area contributed by atoms with E-state index in [9.17, 15) is 4.79 Å². The fourth-order valence-electron chi connectivity index (χ4n) is 2.78. The highest BCUT2D eigenvalue weighted by Crippen LogP contribution is 2.30. The minimum absolute atomic E-state index is 0.119. The lowest BCUT2D eigenvalue weighted by atomic mass is 10.2. The lowest BCUT2D eigenvalue weighted by Crippen LogP contribution is -2.33. The van der Waals surface area contributed by atoms with E-state index in [-0.39, 0.29) is 5.91 Å². The van der Waals surface area contributed by atoms with Gasteiger partial charge in [0.25, 0.3) is 5.91 Å². The van der Waals surface area contributed by atoms with E-state index in [4.69, 9.17) is 0 Å². The molecule has 0 saturated heterocycles. The van der Waals surface area contributed by atoms with Crippen molar-refractivity contribution in [3.05, 3.63) is 47.8 Å². The zero-order valence-electron chi connectivity index (χ0n) is 13.3. The topological polar surface area (TPSA) is 38.1 Å². The summed E-state index contributed by atoms with van der Waals surface area (Å²) in [5.41, 5.74) is 2.62. The van der Waals surface area contributed by atoms with Gasteiger partial charge in [-0.3, -0.25) is 4.79 Å². The molecule has 1 heterocycles. The highest BCUT2D eigenvalue weighted by molar-refractivity contribution is 5.95. The standard InChI is InChI=1S/C18H23N3O/c1-3-11-20(13-15-9-10-15)18(22)17-12-19-21(14(17)2)16-7-5-4-6-8-16/h4-8,12,15H,3,9-11,13H2,1-2H3. The second kappa shape index (κ2) is 6.34. The summed E-state index contributed by atoms with van der Waals surface area (Å²) in [6.45, 7) is 5.80. The first-order chi connectivity index (χ1) is 10.7. The Morgan fingerprint density at radius 3 is 2.68 bits per heavy atom. The number of para-hydroxylation sites is 1. The van der Waals surface area contributed by atoms with Crippen molar-refractivity contribution in [2.75, 3.05) is 13.1 Å². The van der Waals surface area contributed by atoms with Crippen molar-refractivity contribution < 1.29 is 4.79 Å². The molecule has 1 aliphatic rings. The summed E-state index contributed by atoms with van der Waals surface area (Å²) in [6, 6.07) is 9.94. The maximum Gasteiger partial charge on any atom is 0.257 e. The van der Waals surface area contributed by atoms with Gasteiger partial charge in [-0.1, -0.05) is 25.1 Å². The van der Waals surface area contributed by atoms with Gasteiger partial charge >= 0.3 is 0 Å². The first-order valence-electron chi connectivity index (χ1n) is 8.10. The Balaban J connectivity index is 1.84. The number of hydrogen-bond donors (Lipinski definition) is 0. The van der Waals surface area contributed by atoms with Crippen LogP contribution in [-0.4, -0.2) is 33.7 Å². The number of nitrogens with zero attached hydrogens (tertiary/aromatic N) is 3. The largest absolute Gasteiger partial charge is 0.338 e. The number of carbonyl (C=O) groups excluding carboxylic acids is 1. The summed E-state index contributed by atoms with van der Waals surface area (Å²) in [6.07, 6.45) is 5.22. The molecule has 0 atom stereocenters. The zero-order chi connectivity index (χ0) is 15.5. The Labute approximate surface area is 131 Å². The summed E-state index contributed by atoms with van der Waals surface area (Å²) < 4.78 is 1.84. The lowest BCUT2D eigenvalue weighted by molar-refractivity contribution is 0.0747. The van der Waals surface area contributed by atoms with Crippen LogP contribution >= 0.6 is 0 Å². The van der Waals surface area contributed by atoms with Crippen molar-refractivity contribution in [2.24, 2.45) is 5.92 Å². The third-order valence-corrected chi connectivity index (χ3v) is 4.20. The molecule has 0 N–H and O–H groups in total. The van der Waals surface area contributed by atoms with E-state index in [1.165, 1.54) is 12.8 Å². The van der Waals surface area contributed by atoms with Crippen molar-refractivity contribution in [1.82, 2.24) is 14.7 Å². The van der Waals surface area contributed by atoms with Crippen LogP contribution in [0.2, 0.25) is 0 Å². The number of rotatable bonds is 6. The predicted octanol–water partition coefficient (Wildman–Crippen LogP) is 3.44. The molecule has 2 aromatic rings. The molecule has 1 saturated carbocycles. The highest BCUT2D eigenvalue weighted by Gasteiger charge is 2.28. The van der Waals surface area contributed by atoms with Crippen LogP contribution in [-0.2, 0) is 0 Å². The summed E-state index contributed by atoms with van der Waals surface area (Å²) in [5, 5.41) is 4.41. The molecule has 116 valence electrons. The zero-order valence-corrected chi connectivity index (χ0v) is 13.3. The van der Waals surface area contributed by atoms with Crippen molar-refractivity contribution in [3.8, 4) is 5.69 Å². The molecule has 1 aliphatic carbocycles. The molecule has 1 aromatic carbocycles. The first-order valence-corrected chi connectivity index (χ1v) is 8.10. The Bertz CT molecular complexity index is 644. The van der Waals surface area contributed by atoms with Crippen LogP contribution in [0, 0.1) is 12.8 Å². The van der Waals surface area contributed by atoms with Gasteiger partial charge < -0.3 is 4.90 Å². The van der Waals surface area contributed by atoms with E-state index in [0.717, 1.165) is 36.5 Å². The van der Waals surface area contributed by atoms with Crippen molar-refractivity contribution in [1.29, 1.82) is 0 Å². The predicted molar refractivity (Wildman–Crippen MR) is 87.2 cm³/mol. The first kappa shape index (κ1) is 14.8. The quantitative estimate of drug-likeness (QED) is 0.819. The number of hydrogen-bond acceptors (Lipinski definition) is 2. The molecule has 1 fully saturated rings. The van der Waals surface area contributed by atoms with Crippen molar-refractivity contribution in [2.45, 2.75) is 33.1 Å². The SMILES string of the molecule is CCCN(CC1CC1)C(=O)c1cnn(-c2ccccc2)c1C. The summed E-state index contributed by atoms with van der Waals surface area (Å²) in [5.74, 6) is 0.827. The number of benzene rings is 1. The van der Waals surface area contributed by atoms with Gasteiger partial charge in [-0.15, -0.1) is 0 Å². The minimum atomic E-state index is 0.119. The minimum Gasteiger partial charge on any atom is -0.338 e. The molecule has 22 heavy (non-hydrogen) atoms. The molecule has 3 rings (SSSR count). The van der Waals surface area contributed by atoms with Gasteiger partial charge in [-0.2, -0.15) is 5.10 Å². The molecular formula is C18H23N3O. The fourth-order valence-corrected chi connectivity index (χ4v) is 2.78. The van der Waals surface area contributed by atoms with Crippen LogP contribution in [0.4, 0.5) is 0 Å². The number of carbonyl (C=O) groups is 1. The van der Waals surface area contributed by atoms with E-state index >= 15 is 0 Å². The van der Waals surface area contributed by atoms with Gasteiger partial charge in [0.2, 0.25) is 0 Å². The fraction of sp³-hybridized carbons (Fsp3) is 0.444. The van der Waals surface area contributed by atoms with Crippen LogP contribution < -0.4 is 0 Å². The third kappa shape index (κ3) is 3.06. The normalized spacial score (nSPS) is 14.1. The van der Waals surface area contributed by atoms with Crippen molar-refractivity contribution >= 4 is 5.91 Å². The smallest absolute Gasteiger partial charge is 0.257 e. The van der Waals surface area contributed by atoms with Gasteiger partial charge in [-0.05, 0) is 44.2 Å². The molecule has 0 radical (unpaired) electrons. The Morgan fingerprint density at radius 2 is 2.05 bits per heavy atom. The Hall–Kier alpha value is -2.10. The molecule has 0 unspecified atom stereocenters. The van der Waals surface area contributed by atoms with Gasteiger partial charge in [0, 0.05) is 13.1 Å². The maximum absolute atomic E-state index is 12.8. The molecule has 0 bridgehead atoms. The molecular weight excluding hydrogens is 274 g/mol. The second-order valence-corrected chi connectivity index (χ2v) is 6.09. The molecule has 0 aliphatic heterocycles. The van der Waals surface area contributed by atoms with Gasteiger partial charge in [0.1, 0.15) is 0 Å². The van der Waals surface area contributed by atoms with E-state index < -0.39 is 0 Å². The molecule has 0 spiro atoms. The lowest BCUT2D eigenvalue weighted by Gasteiger charge is -2.21. The van der Waals surface area contributed by atoms with E-state index in [0.29, 0.717) is 5.92 Å². The van der Waals surface area contributed by atoms with Gasteiger partial charge in [0.15, 0.2) is 0 Å². The van der Waals surface area contributed by atoms with Crippen LogP contribution in [0.3, 0.4) is 0 Å². The van der Waals surface area contributed by atoms with Crippen LogP contribution in [0.15, 0.2) is 36.5 Å². The van der Waals surface area contributed by atoms with Crippen LogP contribution in [0.5, 0.6) is 0 Å². The van der Waals surface area contributed by atoms with E-state index in [1.807, 2.05) is 46.8 Å². The average Bonchev–Trinajstić information content (AvgIpc) is 3.27. The summed E-state index contributed by atoms with van der Waals surface area (Å²) in [4.78, 5) is 14.8. The Morgan fingerprint density at radius 1 is 1.32 bits per heavy atom. The van der Waals surface area contributed by atoms with Gasteiger partial charge in [0.05, 0.1) is 23.1 Å². The van der Waals surface area contributed by atoms with Gasteiger partial charge in [-0.25, -0.2) is 4.68 Å². The molecule has 1 amide bonds. The van der Waals surface area contributed by atoms with Crippen LogP contribution in [0.1, 0.15) is 42.2 Å². The van der Waals surface area contributed by atoms with Crippen LogP contribution in [0.25, 0.3) is 5.69 Å². The monoisotopic (exact) mass is 297 g/mol. The average molecular weight is 297 g/mol.